The van der Waals surface area contributed by atoms with Crippen molar-refractivity contribution in [1.82, 2.24) is 14.5 Å². The smallest absolute Gasteiger partial charge is 0.322 e. The van der Waals surface area contributed by atoms with Crippen LogP contribution in [-0.4, -0.2) is 48.2 Å². The summed E-state index contributed by atoms with van der Waals surface area (Å²) in [6.07, 6.45) is 4.37. The van der Waals surface area contributed by atoms with Crippen molar-refractivity contribution in [2.24, 2.45) is 5.92 Å². The molecule has 1 aliphatic rings. The summed E-state index contributed by atoms with van der Waals surface area (Å²) in [4.78, 5) is 13.9. The van der Waals surface area contributed by atoms with Crippen molar-refractivity contribution < 1.29 is 17.6 Å². The van der Waals surface area contributed by atoms with E-state index in [1.54, 1.807) is 11.8 Å². The third-order valence-electron chi connectivity index (χ3n) is 5.58. The molecule has 0 saturated carbocycles. The normalized spacial score (nSPS) is 17.1. The van der Waals surface area contributed by atoms with Gasteiger partial charge in [-0.25, -0.2) is 8.42 Å². The second-order valence-electron chi connectivity index (χ2n) is 8.11. The molecule has 1 amide bonds. The van der Waals surface area contributed by atoms with Gasteiger partial charge in [-0.3, -0.25) is 10.1 Å². The van der Waals surface area contributed by atoms with E-state index in [4.69, 9.17) is 4.42 Å². The van der Waals surface area contributed by atoms with Crippen LogP contribution >= 0.6 is 11.8 Å². The van der Waals surface area contributed by atoms with Crippen molar-refractivity contribution in [1.29, 1.82) is 0 Å². The molecule has 4 rings (SSSR count). The van der Waals surface area contributed by atoms with E-state index in [1.165, 1.54) is 33.5 Å². The maximum atomic E-state index is 12.9. The van der Waals surface area contributed by atoms with Crippen molar-refractivity contribution in [2.45, 2.75) is 36.0 Å². The van der Waals surface area contributed by atoms with Gasteiger partial charge in [-0.2, -0.15) is 4.31 Å². The molecule has 33 heavy (non-hydrogen) atoms. The molecule has 1 aliphatic heterocycles. The summed E-state index contributed by atoms with van der Waals surface area (Å²) >= 11 is 1.67. The largest absolute Gasteiger partial charge is 0.407 e. The number of carbonyl (C=O) groups excluding carboxylic acids is 1. The summed E-state index contributed by atoms with van der Waals surface area (Å²) < 4.78 is 32.8. The van der Waals surface area contributed by atoms with Crippen LogP contribution in [0.1, 0.15) is 41.6 Å². The van der Waals surface area contributed by atoms with Crippen LogP contribution in [0.4, 0.5) is 6.01 Å². The first kappa shape index (κ1) is 23.5. The number of hydrogen-bond acceptors (Lipinski definition) is 7. The molecule has 0 spiro atoms. The molecular formula is C23H26N4O4S2. The number of carbonyl (C=O) groups is 1. The summed E-state index contributed by atoms with van der Waals surface area (Å²) in [6.45, 7) is 3.10. The number of sulfonamides is 1. The van der Waals surface area contributed by atoms with Gasteiger partial charge in [-0.05, 0) is 67.0 Å². The van der Waals surface area contributed by atoms with Crippen LogP contribution in [0.2, 0.25) is 0 Å². The van der Waals surface area contributed by atoms with Crippen LogP contribution in [0.5, 0.6) is 0 Å². The number of thioether (sulfide) groups is 1. The fraction of sp³-hybridized carbons (Fsp3) is 0.348. The van der Waals surface area contributed by atoms with Gasteiger partial charge in [0.25, 0.3) is 5.91 Å². The summed E-state index contributed by atoms with van der Waals surface area (Å²) in [6, 6.07) is 13.9. The Hall–Kier alpha value is -2.69. The zero-order chi connectivity index (χ0) is 23.4. The average Bonchev–Trinajstić information content (AvgIpc) is 3.26. The summed E-state index contributed by atoms with van der Waals surface area (Å²) in [7, 11) is -3.57. The summed E-state index contributed by atoms with van der Waals surface area (Å²) in [5, 5.41) is 10.4. The first-order valence-corrected chi connectivity index (χ1v) is 13.4. The van der Waals surface area contributed by atoms with E-state index in [0.29, 0.717) is 36.9 Å². The molecular weight excluding hydrogens is 460 g/mol. The van der Waals surface area contributed by atoms with Crippen molar-refractivity contribution in [3.63, 3.8) is 0 Å². The van der Waals surface area contributed by atoms with Gasteiger partial charge in [-0.15, -0.1) is 16.9 Å². The van der Waals surface area contributed by atoms with Gasteiger partial charge in [-0.1, -0.05) is 24.2 Å². The Morgan fingerprint density at radius 1 is 1.15 bits per heavy atom. The molecule has 8 nitrogen and oxygen atoms in total. The van der Waals surface area contributed by atoms with Crippen LogP contribution in [0.3, 0.4) is 0 Å². The van der Waals surface area contributed by atoms with Crippen molar-refractivity contribution in [2.75, 3.05) is 24.7 Å². The molecule has 1 saturated heterocycles. The summed E-state index contributed by atoms with van der Waals surface area (Å²) in [5.41, 5.74) is 1.32. The Morgan fingerprint density at radius 3 is 2.55 bits per heavy atom. The predicted molar refractivity (Wildman–Crippen MR) is 127 cm³/mol. The van der Waals surface area contributed by atoms with Gasteiger partial charge in [0, 0.05) is 23.5 Å². The van der Waals surface area contributed by atoms with Crippen LogP contribution in [0, 0.1) is 5.92 Å². The molecule has 1 fully saturated rings. The average molecular weight is 487 g/mol. The van der Waals surface area contributed by atoms with E-state index < -0.39 is 15.9 Å². The number of benzene rings is 2. The fourth-order valence-corrected chi connectivity index (χ4v) is 5.76. The lowest BCUT2D eigenvalue weighted by molar-refractivity contribution is 0.102. The Balaban J connectivity index is 1.39. The Bertz CT molecular complexity index is 1210. The zero-order valence-corrected chi connectivity index (χ0v) is 20.2. The van der Waals surface area contributed by atoms with E-state index in [0.717, 1.165) is 18.4 Å². The quantitative estimate of drug-likeness (QED) is 0.502. The Kier molecular flexibility index (Phi) is 7.16. The minimum absolute atomic E-state index is 0.00487. The number of amides is 1. The van der Waals surface area contributed by atoms with Crippen molar-refractivity contribution in [3.05, 3.63) is 65.5 Å². The second-order valence-corrected chi connectivity index (χ2v) is 10.9. The number of nitrogens with one attached hydrogen (secondary N) is 1. The third-order valence-corrected chi connectivity index (χ3v) is 8.20. The second kappa shape index (κ2) is 10.1. The highest BCUT2D eigenvalue weighted by Crippen LogP contribution is 2.24. The maximum absolute atomic E-state index is 12.9. The van der Waals surface area contributed by atoms with Gasteiger partial charge in [0.05, 0.1) is 11.3 Å². The number of aromatic nitrogens is 2. The van der Waals surface area contributed by atoms with Gasteiger partial charge in [0.15, 0.2) is 0 Å². The minimum atomic E-state index is -3.57. The number of rotatable bonds is 7. The lowest BCUT2D eigenvalue weighted by atomic mass is 10.0. The molecule has 1 aromatic heterocycles. The van der Waals surface area contributed by atoms with Crippen molar-refractivity contribution >= 4 is 33.7 Å². The van der Waals surface area contributed by atoms with Crippen LogP contribution < -0.4 is 5.32 Å². The lowest BCUT2D eigenvalue weighted by Gasteiger charge is -2.30. The topological polar surface area (TPSA) is 105 Å². The van der Waals surface area contributed by atoms with Gasteiger partial charge < -0.3 is 4.42 Å². The van der Waals surface area contributed by atoms with Gasteiger partial charge in [0.2, 0.25) is 15.9 Å². The lowest BCUT2D eigenvalue weighted by Crippen LogP contribution is -2.39. The SMILES string of the molecule is CSc1ccc(Cc2nnc(NC(=O)c3ccc(S(=O)(=O)N4CCCC(C)C4)cc3)o2)cc1. The highest BCUT2D eigenvalue weighted by atomic mass is 32.2. The molecule has 0 bridgehead atoms. The highest BCUT2D eigenvalue weighted by molar-refractivity contribution is 7.98. The Morgan fingerprint density at radius 2 is 1.88 bits per heavy atom. The first-order valence-electron chi connectivity index (χ1n) is 10.7. The summed E-state index contributed by atoms with van der Waals surface area (Å²) in [5.74, 6) is 0.275. The van der Waals surface area contributed by atoms with Gasteiger partial charge in [0.1, 0.15) is 0 Å². The monoisotopic (exact) mass is 486 g/mol. The van der Waals surface area contributed by atoms with E-state index in [2.05, 4.69) is 22.4 Å². The molecule has 1 N–H and O–H groups in total. The molecule has 0 aliphatic carbocycles. The Labute approximate surface area is 197 Å². The molecule has 10 heteroatoms. The van der Waals surface area contributed by atoms with E-state index in [9.17, 15) is 13.2 Å². The van der Waals surface area contributed by atoms with E-state index >= 15 is 0 Å². The molecule has 1 atom stereocenters. The van der Waals surface area contributed by atoms with E-state index in [-0.39, 0.29) is 10.9 Å². The fourth-order valence-electron chi connectivity index (χ4n) is 3.75. The van der Waals surface area contributed by atoms with E-state index in [1.807, 2.05) is 30.5 Å². The molecule has 1 unspecified atom stereocenters. The first-order chi connectivity index (χ1) is 15.8. The van der Waals surface area contributed by atoms with Crippen LogP contribution in [0.25, 0.3) is 0 Å². The molecule has 0 radical (unpaired) electrons. The maximum Gasteiger partial charge on any atom is 0.322 e. The van der Waals surface area contributed by atoms with Crippen LogP contribution in [-0.2, 0) is 16.4 Å². The number of nitrogens with zero attached hydrogens (tertiary/aromatic N) is 3. The molecule has 174 valence electrons. The minimum Gasteiger partial charge on any atom is -0.407 e. The zero-order valence-electron chi connectivity index (χ0n) is 18.5. The number of hydrogen-bond donors (Lipinski definition) is 1. The number of piperidine rings is 1. The van der Waals surface area contributed by atoms with Crippen LogP contribution in [0.15, 0.2) is 62.7 Å². The molecule has 2 heterocycles. The third kappa shape index (κ3) is 5.63. The predicted octanol–water partition coefficient (Wildman–Crippen LogP) is 4.06. The highest BCUT2D eigenvalue weighted by Gasteiger charge is 2.28. The van der Waals surface area contributed by atoms with Crippen molar-refractivity contribution in [3.8, 4) is 0 Å². The molecule has 2 aromatic carbocycles. The standard InChI is InChI=1S/C23H26N4O4S2/c1-16-4-3-13-27(15-16)33(29,30)20-11-7-18(8-12-20)22(28)24-23-26-25-21(31-23)14-17-5-9-19(32-2)10-6-17/h5-12,16H,3-4,13-15H2,1-2H3,(H,24,26,28). The van der Waals surface area contributed by atoms with Gasteiger partial charge >= 0.3 is 6.01 Å². The molecule has 3 aromatic rings. The number of anilines is 1.